The zero-order valence-corrected chi connectivity index (χ0v) is 14.2. The summed E-state index contributed by atoms with van der Waals surface area (Å²) in [5, 5.41) is 7.98. The van der Waals surface area contributed by atoms with E-state index in [1.165, 1.54) is 16.9 Å². The van der Waals surface area contributed by atoms with Gasteiger partial charge in [0.05, 0.1) is 0 Å². The lowest BCUT2D eigenvalue weighted by atomic mass is 9.94. The Morgan fingerprint density at radius 3 is 2.75 bits per heavy atom. The summed E-state index contributed by atoms with van der Waals surface area (Å²) in [5.41, 5.74) is 1.30. The van der Waals surface area contributed by atoms with Crippen LogP contribution in [-0.4, -0.2) is 22.8 Å². The van der Waals surface area contributed by atoms with Crippen LogP contribution in [0.3, 0.4) is 0 Å². The summed E-state index contributed by atoms with van der Waals surface area (Å²) in [6.07, 6.45) is 5.65. The van der Waals surface area contributed by atoms with Crippen LogP contribution in [0.5, 0.6) is 0 Å². The Bertz CT molecular complexity index is 673. The Morgan fingerprint density at radius 2 is 2.00 bits per heavy atom. The van der Waals surface area contributed by atoms with Gasteiger partial charge in [0.1, 0.15) is 6.42 Å². The van der Waals surface area contributed by atoms with Gasteiger partial charge in [-0.2, -0.15) is 0 Å². The van der Waals surface area contributed by atoms with Gasteiger partial charge >= 0.3 is 0 Å². The third kappa shape index (κ3) is 4.64. The average molecular weight is 343 g/mol. The SMILES string of the molecule is O=C(CC(=O)N[C@H]1CCC[C@@H]1Cc1ccccc1)Nc1nccs1. The fraction of sp³-hybridized carbons (Fsp3) is 0.389. The Morgan fingerprint density at radius 1 is 1.17 bits per heavy atom. The number of hydrogen-bond acceptors (Lipinski definition) is 4. The minimum atomic E-state index is -0.319. The minimum absolute atomic E-state index is 0.158. The van der Waals surface area contributed by atoms with E-state index in [1.54, 1.807) is 11.6 Å². The topological polar surface area (TPSA) is 71.1 Å². The molecule has 2 aromatic rings. The minimum Gasteiger partial charge on any atom is -0.353 e. The van der Waals surface area contributed by atoms with Gasteiger partial charge in [-0.15, -0.1) is 11.3 Å². The van der Waals surface area contributed by atoms with E-state index < -0.39 is 0 Å². The third-order valence-electron chi connectivity index (χ3n) is 4.35. The van der Waals surface area contributed by atoms with Gasteiger partial charge in [-0.25, -0.2) is 4.98 Å². The fourth-order valence-electron chi connectivity index (χ4n) is 3.24. The first-order valence-electron chi connectivity index (χ1n) is 8.23. The van der Waals surface area contributed by atoms with Crippen molar-refractivity contribution in [1.82, 2.24) is 10.3 Å². The Balaban J connectivity index is 1.48. The zero-order valence-electron chi connectivity index (χ0n) is 13.4. The quantitative estimate of drug-likeness (QED) is 0.792. The Hall–Kier alpha value is -2.21. The molecular formula is C18H21N3O2S. The van der Waals surface area contributed by atoms with E-state index in [2.05, 4.69) is 27.8 Å². The molecule has 1 fully saturated rings. The molecule has 0 saturated heterocycles. The first kappa shape index (κ1) is 16.6. The molecular weight excluding hydrogens is 322 g/mol. The van der Waals surface area contributed by atoms with Crippen molar-refractivity contribution < 1.29 is 9.59 Å². The van der Waals surface area contributed by atoms with Crippen LogP contribution >= 0.6 is 11.3 Å². The summed E-state index contributed by atoms with van der Waals surface area (Å²) in [6.45, 7) is 0. The van der Waals surface area contributed by atoms with E-state index in [-0.39, 0.29) is 24.3 Å². The number of rotatable bonds is 6. The highest BCUT2D eigenvalue weighted by Crippen LogP contribution is 2.29. The molecule has 0 radical (unpaired) electrons. The molecule has 0 spiro atoms. The number of carbonyl (C=O) groups excluding carboxylic acids is 2. The van der Waals surface area contributed by atoms with Gasteiger partial charge in [0.25, 0.3) is 0 Å². The number of hydrogen-bond donors (Lipinski definition) is 2. The van der Waals surface area contributed by atoms with E-state index in [1.807, 2.05) is 18.2 Å². The van der Waals surface area contributed by atoms with E-state index in [9.17, 15) is 9.59 Å². The molecule has 126 valence electrons. The second-order valence-electron chi connectivity index (χ2n) is 6.12. The van der Waals surface area contributed by atoms with Crippen molar-refractivity contribution in [1.29, 1.82) is 0 Å². The van der Waals surface area contributed by atoms with Gasteiger partial charge in [0.2, 0.25) is 11.8 Å². The van der Waals surface area contributed by atoms with Crippen LogP contribution in [0.2, 0.25) is 0 Å². The number of aromatic nitrogens is 1. The van der Waals surface area contributed by atoms with Crippen LogP contribution in [0, 0.1) is 5.92 Å². The molecule has 1 aliphatic carbocycles. The second kappa shape index (κ2) is 8.06. The van der Waals surface area contributed by atoms with E-state index >= 15 is 0 Å². The maximum Gasteiger partial charge on any atom is 0.235 e. The van der Waals surface area contributed by atoms with Crippen LogP contribution < -0.4 is 10.6 Å². The molecule has 1 heterocycles. The molecule has 6 heteroatoms. The smallest absolute Gasteiger partial charge is 0.235 e. The van der Waals surface area contributed by atoms with Gasteiger partial charge in [-0.1, -0.05) is 36.8 Å². The molecule has 3 rings (SSSR count). The van der Waals surface area contributed by atoms with Gasteiger partial charge < -0.3 is 10.6 Å². The molecule has 0 bridgehead atoms. The van der Waals surface area contributed by atoms with Crippen LogP contribution in [0.4, 0.5) is 5.13 Å². The number of carbonyl (C=O) groups is 2. The van der Waals surface area contributed by atoms with E-state index in [0.717, 1.165) is 25.7 Å². The molecule has 0 unspecified atom stereocenters. The Labute approximate surface area is 145 Å². The standard InChI is InChI=1S/C18H21N3O2S/c22-16(12-17(23)21-18-19-9-10-24-18)20-15-8-4-7-14(15)11-13-5-2-1-3-6-13/h1-3,5-6,9-10,14-15H,4,7-8,11-12H2,(H,20,22)(H,19,21,23)/t14-,15+/m1/s1. The Kier molecular flexibility index (Phi) is 5.59. The van der Waals surface area contributed by atoms with Crippen LogP contribution in [0.15, 0.2) is 41.9 Å². The predicted octanol–water partition coefficient (Wildman–Crippen LogP) is 3.00. The number of amides is 2. The molecule has 1 aromatic heterocycles. The lowest BCUT2D eigenvalue weighted by molar-refractivity contribution is -0.127. The average Bonchev–Trinajstić information content (AvgIpc) is 3.21. The number of nitrogens with one attached hydrogen (secondary N) is 2. The van der Waals surface area contributed by atoms with Crippen LogP contribution in [0.1, 0.15) is 31.2 Å². The van der Waals surface area contributed by atoms with Crippen molar-refractivity contribution in [3.8, 4) is 0 Å². The molecule has 1 saturated carbocycles. The largest absolute Gasteiger partial charge is 0.353 e. The summed E-state index contributed by atoms with van der Waals surface area (Å²) < 4.78 is 0. The number of benzene rings is 1. The molecule has 0 aliphatic heterocycles. The molecule has 2 N–H and O–H groups in total. The highest BCUT2D eigenvalue weighted by atomic mass is 32.1. The van der Waals surface area contributed by atoms with E-state index in [4.69, 9.17) is 0 Å². The normalized spacial score (nSPS) is 19.8. The summed E-state index contributed by atoms with van der Waals surface area (Å²) in [4.78, 5) is 28.0. The van der Waals surface area contributed by atoms with Crippen LogP contribution in [-0.2, 0) is 16.0 Å². The summed E-state index contributed by atoms with van der Waals surface area (Å²) >= 11 is 1.34. The first-order valence-corrected chi connectivity index (χ1v) is 9.11. The highest BCUT2D eigenvalue weighted by molar-refractivity contribution is 7.13. The van der Waals surface area contributed by atoms with E-state index in [0.29, 0.717) is 11.0 Å². The molecule has 1 aromatic carbocycles. The summed E-state index contributed by atoms with van der Waals surface area (Å²) in [6, 6.07) is 10.5. The number of nitrogens with zero attached hydrogens (tertiary/aromatic N) is 1. The third-order valence-corrected chi connectivity index (χ3v) is 5.03. The van der Waals surface area contributed by atoms with Crippen molar-refractivity contribution >= 4 is 28.3 Å². The maximum absolute atomic E-state index is 12.1. The molecule has 1 aliphatic rings. The lowest BCUT2D eigenvalue weighted by Crippen LogP contribution is -2.39. The van der Waals surface area contributed by atoms with Crippen LogP contribution in [0.25, 0.3) is 0 Å². The van der Waals surface area contributed by atoms with Crippen molar-refractivity contribution in [2.24, 2.45) is 5.92 Å². The van der Waals surface area contributed by atoms with Gasteiger partial charge in [0.15, 0.2) is 5.13 Å². The zero-order chi connectivity index (χ0) is 16.8. The fourth-order valence-corrected chi connectivity index (χ4v) is 3.79. The maximum atomic E-state index is 12.1. The molecule has 24 heavy (non-hydrogen) atoms. The summed E-state index contributed by atoms with van der Waals surface area (Å²) in [5.74, 6) is -0.0903. The second-order valence-corrected chi connectivity index (χ2v) is 7.01. The molecule has 2 atom stereocenters. The highest BCUT2D eigenvalue weighted by Gasteiger charge is 2.29. The number of thiazole rings is 1. The van der Waals surface area contributed by atoms with Gasteiger partial charge in [-0.05, 0) is 30.7 Å². The van der Waals surface area contributed by atoms with Crippen molar-refractivity contribution in [3.05, 3.63) is 47.5 Å². The number of anilines is 1. The molecule has 2 amide bonds. The van der Waals surface area contributed by atoms with Gasteiger partial charge in [-0.3, -0.25) is 9.59 Å². The summed E-state index contributed by atoms with van der Waals surface area (Å²) in [7, 11) is 0. The lowest BCUT2D eigenvalue weighted by Gasteiger charge is -2.21. The molecule has 5 nitrogen and oxygen atoms in total. The van der Waals surface area contributed by atoms with Gasteiger partial charge in [0, 0.05) is 17.6 Å². The van der Waals surface area contributed by atoms with Crippen molar-refractivity contribution in [2.75, 3.05) is 5.32 Å². The monoisotopic (exact) mass is 343 g/mol. The van der Waals surface area contributed by atoms with Crippen molar-refractivity contribution in [2.45, 2.75) is 38.1 Å². The predicted molar refractivity (Wildman–Crippen MR) is 94.8 cm³/mol. The van der Waals surface area contributed by atoms with Crippen molar-refractivity contribution in [3.63, 3.8) is 0 Å². The first-order chi connectivity index (χ1) is 11.7.